The summed E-state index contributed by atoms with van der Waals surface area (Å²) < 4.78 is 0. The van der Waals surface area contributed by atoms with Gasteiger partial charge in [-0.25, -0.2) is 0 Å². The number of carbonyl (C=O) groups is 1. The first kappa shape index (κ1) is 13.9. The van der Waals surface area contributed by atoms with Crippen LogP contribution in [0, 0.1) is 5.92 Å². The van der Waals surface area contributed by atoms with Gasteiger partial charge < -0.3 is 5.32 Å². The molecule has 0 bridgehead atoms. The highest BCUT2D eigenvalue weighted by Crippen LogP contribution is 2.05. The van der Waals surface area contributed by atoms with Crippen LogP contribution in [0.2, 0.25) is 0 Å². The summed E-state index contributed by atoms with van der Waals surface area (Å²) in [6, 6.07) is 10.3. The van der Waals surface area contributed by atoms with Gasteiger partial charge in [-0.1, -0.05) is 44.2 Å². The monoisotopic (exact) mass is 233 g/mol. The molecule has 0 aliphatic heterocycles. The SMILES string of the molecule is CC(C)CCC(=O)CCNCc1ccccc1. The van der Waals surface area contributed by atoms with Gasteiger partial charge in [0.05, 0.1) is 0 Å². The van der Waals surface area contributed by atoms with Crippen molar-refractivity contribution in [2.24, 2.45) is 5.92 Å². The van der Waals surface area contributed by atoms with Gasteiger partial charge in [0.25, 0.3) is 0 Å². The van der Waals surface area contributed by atoms with Gasteiger partial charge in [-0.2, -0.15) is 0 Å². The van der Waals surface area contributed by atoms with Crippen molar-refractivity contribution in [2.75, 3.05) is 6.54 Å². The first-order chi connectivity index (χ1) is 8.18. The molecule has 0 atom stereocenters. The van der Waals surface area contributed by atoms with Crippen molar-refractivity contribution in [1.29, 1.82) is 0 Å². The normalized spacial score (nSPS) is 10.8. The highest BCUT2D eigenvalue weighted by atomic mass is 16.1. The molecule has 0 aliphatic rings. The molecular weight excluding hydrogens is 210 g/mol. The molecule has 2 nitrogen and oxygen atoms in total. The Kier molecular flexibility index (Phi) is 6.56. The first-order valence-corrected chi connectivity index (χ1v) is 6.45. The summed E-state index contributed by atoms with van der Waals surface area (Å²) in [4.78, 5) is 11.5. The first-order valence-electron chi connectivity index (χ1n) is 6.45. The van der Waals surface area contributed by atoms with Crippen LogP contribution >= 0.6 is 0 Å². The molecule has 1 aromatic carbocycles. The molecule has 0 aromatic heterocycles. The van der Waals surface area contributed by atoms with E-state index in [0.717, 1.165) is 25.9 Å². The Balaban J connectivity index is 2.06. The maximum absolute atomic E-state index is 11.5. The zero-order valence-corrected chi connectivity index (χ0v) is 10.9. The summed E-state index contributed by atoms with van der Waals surface area (Å²) in [6.45, 7) is 5.94. The molecule has 2 heteroatoms. The third kappa shape index (κ3) is 6.90. The van der Waals surface area contributed by atoms with Crippen LogP contribution < -0.4 is 5.32 Å². The van der Waals surface area contributed by atoms with E-state index in [2.05, 4.69) is 31.3 Å². The summed E-state index contributed by atoms with van der Waals surface area (Å²) in [5.74, 6) is 0.996. The van der Waals surface area contributed by atoms with E-state index in [-0.39, 0.29) is 0 Å². The molecule has 0 aliphatic carbocycles. The summed E-state index contributed by atoms with van der Waals surface area (Å²) in [5.41, 5.74) is 1.27. The second-order valence-electron chi connectivity index (χ2n) is 4.88. The number of hydrogen-bond donors (Lipinski definition) is 1. The molecule has 1 rings (SSSR count). The summed E-state index contributed by atoms with van der Waals surface area (Å²) in [7, 11) is 0. The van der Waals surface area contributed by atoms with E-state index in [0.29, 0.717) is 18.1 Å². The van der Waals surface area contributed by atoms with E-state index >= 15 is 0 Å². The van der Waals surface area contributed by atoms with Crippen molar-refractivity contribution < 1.29 is 4.79 Å². The van der Waals surface area contributed by atoms with Gasteiger partial charge in [-0.15, -0.1) is 0 Å². The molecule has 17 heavy (non-hydrogen) atoms. The lowest BCUT2D eigenvalue weighted by atomic mass is 10.0. The highest BCUT2D eigenvalue weighted by Gasteiger charge is 2.03. The Bertz CT molecular complexity index is 319. The molecule has 0 unspecified atom stereocenters. The predicted molar refractivity (Wildman–Crippen MR) is 71.8 cm³/mol. The average Bonchev–Trinajstić information content (AvgIpc) is 2.33. The van der Waals surface area contributed by atoms with Gasteiger partial charge in [0, 0.05) is 25.9 Å². The average molecular weight is 233 g/mol. The van der Waals surface area contributed by atoms with Gasteiger partial charge in [-0.05, 0) is 17.9 Å². The van der Waals surface area contributed by atoms with Crippen LogP contribution in [-0.4, -0.2) is 12.3 Å². The molecule has 1 aromatic rings. The lowest BCUT2D eigenvalue weighted by Gasteiger charge is -2.05. The van der Waals surface area contributed by atoms with Crippen LogP contribution in [0.3, 0.4) is 0 Å². The van der Waals surface area contributed by atoms with Gasteiger partial charge in [0.2, 0.25) is 0 Å². The van der Waals surface area contributed by atoms with Crippen LogP contribution in [0.25, 0.3) is 0 Å². The summed E-state index contributed by atoms with van der Waals surface area (Å²) >= 11 is 0. The van der Waals surface area contributed by atoms with Crippen LogP contribution in [0.1, 0.15) is 38.7 Å². The van der Waals surface area contributed by atoms with E-state index in [1.807, 2.05) is 18.2 Å². The Labute approximate surface area is 104 Å². The summed E-state index contributed by atoms with van der Waals surface area (Å²) in [6.07, 6.45) is 2.39. The van der Waals surface area contributed by atoms with E-state index in [4.69, 9.17) is 0 Å². The fourth-order valence-corrected chi connectivity index (χ4v) is 1.63. The van der Waals surface area contributed by atoms with Gasteiger partial charge in [-0.3, -0.25) is 4.79 Å². The van der Waals surface area contributed by atoms with Crippen LogP contribution in [0.15, 0.2) is 30.3 Å². The van der Waals surface area contributed by atoms with Crippen molar-refractivity contribution in [1.82, 2.24) is 5.32 Å². The van der Waals surface area contributed by atoms with Crippen molar-refractivity contribution in [3.63, 3.8) is 0 Å². The zero-order chi connectivity index (χ0) is 12.5. The van der Waals surface area contributed by atoms with Crippen LogP contribution in [0.5, 0.6) is 0 Å². The minimum Gasteiger partial charge on any atom is -0.312 e. The fourth-order valence-electron chi connectivity index (χ4n) is 1.63. The third-order valence-corrected chi connectivity index (χ3v) is 2.75. The van der Waals surface area contributed by atoms with E-state index in [1.165, 1.54) is 5.56 Å². The molecular formula is C15H23NO. The van der Waals surface area contributed by atoms with E-state index in [1.54, 1.807) is 0 Å². The Morgan fingerprint density at radius 1 is 1.18 bits per heavy atom. The zero-order valence-electron chi connectivity index (χ0n) is 10.9. The number of rotatable bonds is 8. The molecule has 0 fully saturated rings. The molecule has 0 amide bonds. The van der Waals surface area contributed by atoms with Crippen LogP contribution in [-0.2, 0) is 11.3 Å². The highest BCUT2D eigenvalue weighted by molar-refractivity contribution is 5.78. The van der Waals surface area contributed by atoms with Crippen molar-refractivity contribution in [2.45, 2.75) is 39.7 Å². The maximum atomic E-state index is 11.5. The van der Waals surface area contributed by atoms with Crippen LogP contribution in [0.4, 0.5) is 0 Å². The van der Waals surface area contributed by atoms with Crippen molar-refractivity contribution >= 4 is 5.78 Å². The van der Waals surface area contributed by atoms with Gasteiger partial charge in [0.15, 0.2) is 0 Å². The number of hydrogen-bond acceptors (Lipinski definition) is 2. The number of Topliss-reactive ketones (excluding diaryl/α,β-unsaturated/α-hetero) is 1. The molecule has 0 saturated carbocycles. The standard InChI is InChI=1S/C15H23NO/c1-13(2)8-9-15(17)10-11-16-12-14-6-4-3-5-7-14/h3-7,13,16H,8-12H2,1-2H3. The number of ketones is 1. The number of carbonyl (C=O) groups excluding carboxylic acids is 1. The van der Waals surface area contributed by atoms with Gasteiger partial charge >= 0.3 is 0 Å². The molecule has 0 radical (unpaired) electrons. The molecule has 0 heterocycles. The molecule has 0 spiro atoms. The van der Waals surface area contributed by atoms with Gasteiger partial charge in [0.1, 0.15) is 5.78 Å². The summed E-state index contributed by atoms with van der Waals surface area (Å²) in [5, 5.41) is 3.30. The minimum absolute atomic E-state index is 0.374. The lowest BCUT2D eigenvalue weighted by Crippen LogP contribution is -2.17. The van der Waals surface area contributed by atoms with E-state index < -0.39 is 0 Å². The molecule has 94 valence electrons. The second-order valence-corrected chi connectivity index (χ2v) is 4.88. The smallest absolute Gasteiger partial charge is 0.134 e. The Hall–Kier alpha value is -1.15. The van der Waals surface area contributed by atoms with Crippen molar-refractivity contribution in [3.8, 4) is 0 Å². The second kappa shape index (κ2) is 8.02. The third-order valence-electron chi connectivity index (χ3n) is 2.75. The fraction of sp³-hybridized carbons (Fsp3) is 0.533. The Morgan fingerprint density at radius 3 is 2.53 bits per heavy atom. The predicted octanol–water partition coefficient (Wildman–Crippen LogP) is 3.17. The lowest BCUT2D eigenvalue weighted by molar-refractivity contribution is -0.119. The topological polar surface area (TPSA) is 29.1 Å². The Morgan fingerprint density at radius 2 is 1.88 bits per heavy atom. The molecule has 1 N–H and O–H groups in total. The number of benzene rings is 1. The maximum Gasteiger partial charge on any atom is 0.134 e. The molecule has 0 saturated heterocycles. The van der Waals surface area contributed by atoms with E-state index in [9.17, 15) is 4.79 Å². The number of nitrogens with one attached hydrogen (secondary N) is 1. The minimum atomic E-state index is 0.374. The van der Waals surface area contributed by atoms with Crippen molar-refractivity contribution in [3.05, 3.63) is 35.9 Å². The quantitative estimate of drug-likeness (QED) is 0.699. The largest absolute Gasteiger partial charge is 0.312 e.